The van der Waals surface area contributed by atoms with Crippen LogP contribution in [-0.4, -0.2) is 23.4 Å². The molecule has 0 saturated carbocycles. The summed E-state index contributed by atoms with van der Waals surface area (Å²) in [5.41, 5.74) is 0.793. The van der Waals surface area contributed by atoms with Gasteiger partial charge in [-0.3, -0.25) is 14.9 Å². The van der Waals surface area contributed by atoms with Crippen LogP contribution in [0.5, 0.6) is 0 Å². The molecule has 0 aromatic heterocycles. The van der Waals surface area contributed by atoms with Gasteiger partial charge in [0.05, 0.1) is 4.92 Å². The van der Waals surface area contributed by atoms with E-state index in [1.165, 1.54) is 12.1 Å². The van der Waals surface area contributed by atoms with Crippen LogP contribution >= 0.6 is 0 Å². The van der Waals surface area contributed by atoms with Gasteiger partial charge in [-0.1, -0.05) is 12.1 Å². The fourth-order valence-corrected chi connectivity index (χ4v) is 2.48. The second-order valence-electron chi connectivity index (χ2n) is 5.22. The molecule has 6 nitrogen and oxygen atoms in total. The van der Waals surface area contributed by atoms with Crippen molar-refractivity contribution >= 4 is 11.6 Å². The lowest BCUT2D eigenvalue weighted by Gasteiger charge is -2.27. The van der Waals surface area contributed by atoms with Crippen molar-refractivity contribution in [1.82, 2.24) is 10.6 Å². The van der Waals surface area contributed by atoms with E-state index in [-0.39, 0.29) is 17.5 Å². The fraction of sp³-hybridized carbons (Fsp3) is 0.500. The minimum atomic E-state index is -0.431. The summed E-state index contributed by atoms with van der Waals surface area (Å²) < 4.78 is 0. The molecule has 20 heavy (non-hydrogen) atoms. The van der Waals surface area contributed by atoms with E-state index >= 15 is 0 Å². The average molecular weight is 277 g/mol. The summed E-state index contributed by atoms with van der Waals surface area (Å²) in [6.45, 7) is 3.26. The Morgan fingerprint density at radius 3 is 3.05 bits per heavy atom. The molecule has 1 aromatic rings. The second-order valence-corrected chi connectivity index (χ2v) is 5.22. The maximum atomic E-state index is 12.1. The highest BCUT2D eigenvalue weighted by atomic mass is 16.6. The van der Waals surface area contributed by atoms with Crippen LogP contribution in [0.15, 0.2) is 24.3 Å². The predicted octanol–water partition coefficient (Wildman–Crippen LogP) is 1.60. The van der Waals surface area contributed by atoms with Gasteiger partial charge in [-0.2, -0.15) is 0 Å². The largest absolute Gasteiger partial charge is 0.352 e. The minimum Gasteiger partial charge on any atom is -0.352 e. The lowest BCUT2D eigenvalue weighted by molar-refractivity contribution is -0.384. The number of benzene rings is 1. The quantitative estimate of drug-likeness (QED) is 0.646. The molecule has 1 saturated heterocycles. The second kappa shape index (κ2) is 6.47. The van der Waals surface area contributed by atoms with E-state index in [9.17, 15) is 14.9 Å². The Morgan fingerprint density at radius 1 is 1.55 bits per heavy atom. The first-order chi connectivity index (χ1) is 9.56. The minimum absolute atomic E-state index is 0.0323. The van der Waals surface area contributed by atoms with Gasteiger partial charge in [-0.15, -0.1) is 0 Å². The van der Waals surface area contributed by atoms with Crippen LogP contribution in [0.4, 0.5) is 5.69 Å². The summed E-state index contributed by atoms with van der Waals surface area (Å²) in [5, 5.41) is 16.9. The van der Waals surface area contributed by atoms with Crippen LogP contribution in [0.2, 0.25) is 0 Å². The molecule has 0 bridgehead atoms. The Kier molecular flexibility index (Phi) is 4.68. The highest BCUT2D eigenvalue weighted by Crippen LogP contribution is 2.17. The van der Waals surface area contributed by atoms with Gasteiger partial charge in [-0.05, 0) is 31.9 Å². The van der Waals surface area contributed by atoms with Crippen LogP contribution in [0, 0.1) is 16.0 Å². The highest BCUT2D eigenvalue weighted by molar-refractivity contribution is 5.78. The van der Waals surface area contributed by atoms with Crippen LogP contribution in [0.25, 0.3) is 0 Å². The molecule has 1 aromatic carbocycles. The summed E-state index contributed by atoms with van der Waals surface area (Å²) in [4.78, 5) is 22.3. The van der Waals surface area contributed by atoms with Gasteiger partial charge < -0.3 is 10.6 Å². The third-order valence-corrected chi connectivity index (χ3v) is 3.58. The van der Waals surface area contributed by atoms with Gasteiger partial charge in [-0.25, -0.2) is 0 Å². The van der Waals surface area contributed by atoms with E-state index in [0.717, 1.165) is 24.9 Å². The number of carbonyl (C=O) groups excluding carboxylic acids is 1. The van der Waals surface area contributed by atoms with Gasteiger partial charge in [0, 0.05) is 30.6 Å². The number of nitrogens with zero attached hydrogens (tertiary/aromatic N) is 1. The van der Waals surface area contributed by atoms with Crippen molar-refractivity contribution in [3.8, 4) is 0 Å². The first kappa shape index (κ1) is 14.5. The third-order valence-electron chi connectivity index (χ3n) is 3.58. The zero-order chi connectivity index (χ0) is 14.5. The lowest BCUT2D eigenvalue weighted by Crippen LogP contribution is -2.42. The smallest absolute Gasteiger partial charge is 0.269 e. The Balaban J connectivity index is 1.89. The van der Waals surface area contributed by atoms with Crippen molar-refractivity contribution in [3.63, 3.8) is 0 Å². The molecule has 1 heterocycles. The standard InChI is InChI=1S/C14H19N3O3/c1-10-7-12(5-6-15-10)14(18)16-9-11-3-2-4-13(8-11)17(19)20/h2-4,8,10,12,15H,5-7,9H2,1H3,(H,16,18). The molecule has 2 atom stereocenters. The summed E-state index contributed by atoms with van der Waals surface area (Å²) >= 11 is 0. The van der Waals surface area contributed by atoms with E-state index in [0.29, 0.717) is 12.6 Å². The number of hydrogen-bond donors (Lipinski definition) is 2. The molecule has 1 aliphatic rings. The number of non-ortho nitro benzene ring substituents is 1. The van der Waals surface area contributed by atoms with Crippen molar-refractivity contribution in [2.75, 3.05) is 6.54 Å². The first-order valence-electron chi connectivity index (χ1n) is 6.80. The van der Waals surface area contributed by atoms with Gasteiger partial charge >= 0.3 is 0 Å². The number of hydrogen-bond acceptors (Lipinski definition) is 4. The fourth-order valence-electron chi connectivity index (χ4n) is 2.48. The average Bonchev–Trinajstić information content (AvgIpc) is 2.45. The van der Waals surface area contributed by atoms with E-state index in [2.05, 4.69) is 17.6 Å². The SMILES string of the molecule is CC1CC(C(=O)NCc2cccc([N+](=O)[O-])c2)CCN1. The van der Waals surface area contributed by atoms with Crippen molar-refractivity contribution < 1.29 is 9.72 Å². The molecule has 0 radical (unpaired) electrons. The van der Waals surface area contributed by atoms with Crippen molar-refractivity contribution in [2.24, 2.45) is 5.92 Å². The van der Waals surface area contributed by atoms with Crippen LogP contribution in [0.1, 0.15) is 25.3 Å². The molecule has 1 amide bonds. The van der Waals surface area contributed by atoms with Crippen LogP contribution < -0.4 is 10.6 Å². The molecule has 2 unspecified atom stereocenters. The molecule has 0 spiro atoms. The predicted molar refractivity (Wildman–Crippen MR) is 75.1 cm³/mol. The van der Waals surface area contributed by atoms with Crippen LogP contribution in [-0.2, 0) is 11.3 Å². The summed E-state index contributed by atoms with van der Waals surface area (Å²) in [6, 6.07) is 6.70. The molecule has 6 heteroatoms. The van der Waals surface area contributed by atoms with Crippen molar-refractivity contribution in [3.05, 3.63) is 39.9 Å². The number of amides is 1. The molecule has 108 valence electrons. The normalized spacial score (nSPS) is 22.2. The third kappa shape index (κ3) is 3.77. The molecule has 1 fully saturated rings. The van der Waals surface area contributed by atoms with E-state index in [4.69, 9.17) is 0 Å². The monoisotopic (exact) mass is 277 g/mol. The Hall–Kier alpha value is -1.95. The number of nitro groups is 1. The Labute approximate surface area is 117 Å². The van der Waals surface area contributed by atoms with E-state index in [1.54, 1.807) is 12.1 Å². The lowest BCUT2D eigenvalue weighted by atomic mass is 9.92. The number of rotatable bonds is 4. The summed E-state index contributed by atoms with van der Waals surface area (Å²) in [6.07, 6.45) is 1.67. The summed E-state index contributed by atoms with van der Waals surface area (Å²) in [7, 11) is 0. The van der Waals surface area contributed by atoms with Gasteiger partial charge in [0.1, 0.15) is 0 Å². The zero-order valence-corrected chi connectivity index (χ0v) is 11.5. The zero-order valence-electron chi connectivity index (χ0n) is 11.5. The molecule has 1 aliphatic heterocycles. The first-order valence-corrected chi connectivity index (χ1v) is 6.80. The molecule has 2 N–H and O–H groups in total. The number of nitrogens with one attached hydrogen (secondary N) is 2. The van der Waals surface area contributed by atoms with Crippen molar-refractivity contribution in [2.45, 2.75) is 32.4 Å². The Bertz CT molecular complexity index is 504. The molecular formula is C14H19N3O3. The molecule has 0 aliphatic carbocycles. The van der Waals surface area contributed by atoms with Gasteiger partial charge in [0.2, 0.25) is 5.91 Å². The molecule has 2 rings (SSSR count). The topological polar surface area (TPSA) is 84.3 Å². The Morgan fingerprint density at radius 2 is 2.35 bits per heavy atom. The highest BCUT2D eigenvalue weighted by Gasteiger charge is 2.24. The molecular weight excluding hydrogens is 258 g/mol. The maximum Gasteiger partial charge on any atom is 0.269 e. The number of piperidine rings is 1. The van der Waals surface area contributed by atoms with Gasteiger partial charge in [0.15, 0.2) is 0 Å². The number of carbonyl (C=O) groups is 1. The maximum absolute atomic E-state index is 12.1. The van der Waals surface area contributed by atoms with E-state index in [1.807, 2.05) is 0 Å². The van der Waals surface area contributed by atoms with E-state index < -0.39 is 4.92 Å². The van der Waals surface area contributed by atoms with Gasteiger partial charge in [0.25, 0.3) is 5.69 Å². The summed E-state index contributed by atoms with van der Waals surface area (Å²) in [5.74, 6) is 0.0646. The number of nitro benzene ring substituents is 1. The van der Waals surface area contributed by atoms with Crippen molar-refractivity contribution in [1.29, 1.82) is 0 Å². The van der Waals surface area contributed by atoms with Crippen LogP contribution in [0.3, 0.4) is 0 Å².